The van der Waals surface area contributed by atoms with Crippen molar-refractivity contribution in [1.29, 1.82) is 0 Å². The number of ketones is 1. The Balaban J connectivity index is 2.14. The first kappa shape index (κ1) is 22.1. The van der Waals surface area contributed by atoms with Crippen LogP contribution in [0.2, 0.25) is 0 Å². The van der Waals surface area contributed by atoms with Crippen LogP contribution in [0.5, 0.6) is 0 Å². The molecule has 1 aliphatic heterocycles. The van der Waals surface area contributed by atoms with E-state index in [1.165, 1.54) is 29.2 Å². The van der Waals surface area contributed by atoms with E-state index in [1.54, 1.807) is 14.0 Å². The molecule has 0 aliphatic carbocycles. The fourth-order valence-electron chi connectivity index (χ4n) is 3.53. The van der Waals surface area contributed by atoms with Crippen LogP contribution in [-0.4, -0.2) is 39.7 Å². The summed E-state index contributed by atoms with van der Waals surface area (Å²) in [7, 11) is 2.77. The lowest BCUT2D eigenvalue weighted by Crippen LogP contribution is -2.41. The molecule has 31 heavy (non-hydrogen) atoms. The number of aryl methyl sites for hydroxylation is 1. The van der Waals surface area contributed by atoms with Crippen LogP contribution in [0, 0.1) is 5.82 Å². The standard InChI is InChI=1S/C22H22F2N4O3/c1-5-6-13(23)8-7-12(2)19-18(21-25-11-26-28(21)3)20(29)17-15(22(30)31-4)9-14(24)10-16(17)27-19/h6-11,18-19,27H,2,5H2,1,3-4H3. The number of benzene rings is 1. The first-order chi connectivity index (χ1) is 14.8. The number of rotatable bonds is 6. The van der Waals surface area contributed by atoms with Crippen molar-refractivity contribution in [1.82, 2.24) is 14.8 Å². The summed E-state index contributed by atoms with van der Waals surface area (Å²) >= 11 is 0. The number of nitrogens with zero attached hydrogens (tertiary/aromatic N) is 3. The molecule has 1 aliphatic rings. The van der Waals surface area contributed by atoms with Crippen molar-refractivity contribution in [2.75, 3.05) is 12.4 Å². The first-order valence-corrected chi connectivity index (χ1v) is 9.57. The third-order valence-electron chi connectivity index (χ3n) is 4.96. The molecule has 1 N–H and O–H groups in total. The zero-order chi connectivity index (χ0) is 22.7. The molecular weight excluding hydrogens is 406 g/mol. The Morgan fingerprint density at radius 2 is 2.13 bits per heavy atom. The highest BCUT2D eigenvalue weighted by molar-refractivity contribution is 6.14. The summed E-state index contributed by atoms with van der Waals surface area (Å²) in [5, 5.41) is 7.09. The lowest BCUT2D eigenvalue weighted by Gasteiger charge is -2.34. The third-order valence-corrected chi connectivity index (χ3v) is 4.96. The highest BCUT2D eigenvalue weighted by atomic mass is 19.1. The smallest absolute Gasteiger partial charge is 0.338 e. The molecule has 2 heterocycles. The van der Waals surface area contributed by atoms with Crippen molar-refractivity contribution >= 4 is 17.4 Å². The maximum Gasteiger partial charge on any atom is 0.338 e. The van der Waals surface area contributed by atoms with E-state index in [1.807, 2.05) is 0 Å². The quantitative estimate of drug-likeness (QED) is 0.555. The molecule has 9 heteroatoms. The number of allylic oxidation sites excluding steroid dienone is 3. The normalized spacial score (nSPS) is 18.6. The highest BCUT2D eigenvalue weighted by Crippen LogP contribution is 2.39. The van der Waals surface area contributed by atoms with Crippen LogP contribution in [-0.2, 0) is 11.8 Å². The minimum Gasteiger partial charge on any atom is -0.465 e. The van der Waals surface area contributed by atoms with Gasteiger partial charge in [-0.1, -0.05) is 19.6 Å². The number of esters is 1. The number of methoxy groups -OCH3 is 1. The van der Waals surface area contributed by atoms with Gasteiger partial charge in [-0.25, -0.2) is 18.6 Å². The molecule has 162 valence electrons. The number of carbonyl (C=O) groups excluding carboxylic acids is 2. The zero-order valence-electron chi connectivity index (χ0n) is 17.4. The van der Waals surface area contributed by atoms with Crippen LogP contribution in [0.3, 0.4) is 0 Å². The molecule has 0 amide bonds. The van der Waals surface area contributed by atoms with E-state index < -0.39 is 35.4 Å². The van der Waals surface area contributed by atoms with Crippen LogP contribution >= 0.6 is 0 Å². The third kappa shape index (κ3) is 4.30. The molecule has 2 atom stereocenters. The molecule has 3 rings (SSSR count). The van der Waals surface area contributed by atoms with Gasteiger partial charge in [0.05, 0.1) is 24.3 Å². The van der Waals surface area contributed by atoms with Crippen molar-refractivity contribution in [3.05, 3.63) is 77.4 Å². The number of fused-ring (bicyclic) bond motifs is 1. The molecule has 2 unspecified atom stereocenters. The zero-order valence-corrected chi connectivity index (χ0v) is 17.4. The second kappa shape index (κ2) is 9.03. The Labute approximate surface area is 178 Å². The summed E-state index contributed by atoms with van der Waals surface area (Å²) in [6, 6.07) is 1.30. The molecule has 1 aromatic heterocycles. The van der Waals surface area contributed by atoms with Crippen LogP contribution in [0.25, 0.3) is 0 Å². The number of Topliss-reactive ketones (excluding diaryl/α,β-unsaturated/α-hetero) is 1. The van der Waals surface area contributed by atoms with Crippen molar-refractivity contribution in [3.63, 3.8) is 0 Å². The van der Waals surface area contributed by atoms with E-state index in [4.69, 9.17) is 4.74 Å². The van der Waals surface area contributed by atoms with Gasteiger partial charge in [-0.05, 0) is 36.3 Å². The lowest BCUT2D eigenvalue weighted by molar-refractivity contribution is 0.0595. The molecule has 0 spiro atoms. The highest BCUT2D eigenvalue weighted by Gasteiger charge is 2.42. The molecule has 1 aromatic carbocycles. The number of carbonyl (C=O) groups is 2. The summed E-state index contributed by atoms with van der Waals surface area (Å²) in [6.07, 6.45) is 5.90. The number of hydrogen-bond acceptors (Lipinski definition) is 6. The minimum atomic E-state index is -0.941. The molecular formula is C22H22F2N4O3. The van der Waals surface area contributed by atoms with Gasteiger partial charge in [0, 0.05) is 12.7 Å². The van der Waals surface area contributed by atoms with Gasteiger partial charge in [0.15, 0.2) is 5.78 Å². The van der Waals surface area contributed by atoms with E-state index in [9.17, 15) is 18.4 Å². The van der Waals surface area contributed by atoms with Gasteiger partial charge in [-0.3, -0.25) is 9.48 Å². The van der Waals surface area contributed by atoms with Gasteiger partial charge >= 0.3 is 5.97 Å². The van der Waals surface area contributed by atoms with E-state index in [0.29, 0.717) is 17.8 Å². The summed E-state index contributed by atoms with van der Waals surface area (Å²) < 4.78 is 34.2. The molecule has 0 radical (unpaired) electrons. The Morgan fingerprint density at radius 1 is 1.39 bits per heavy atom. The number of hydrogen-bond donors (Lipinski definition) is 1. The summed E-state index contributed by atoms with van der Waals surface area (Å²) in [6.45, 7) is 5.77. The molecule has 0 fully saturated rings. The largest absolute Gasteiger partial charge is 0.465 e. The fourth-order valence-corrected chi connectivity index (χ4v) is 3.53. The van der Waals surface area contributed by atoms with Gasteiger partial charge < -0.3 is 10.1 Å². The van der Waals surface area contributed by atoms with Crippen molar-refractivity contribution < 1.29 is 23.1 Å². The van der Waals surface area contributed by atoms with E-state index in [-0.39, 0.29) is 16.8 Å². The first-order valence-electron chi connectivity index (χ1n) is 9.57. The number of anilines is 1. The van der Waals surface area contributed by atoms with Gasteiger partial charge in [0.25, 0.3) is 0 Å². The Hall–Kier alpha value is -3.62. The Kier molecular flexibility index (Phi) is 6.43. The average molecular weight is 428 g/mol. The van der Waals surface area contributed by atoms with E-state index >= 15 is 0 Å². The summed E-state index contributed by atoms with van der Waals surface area (Å²) in [4.78, 5) is 30.0. The maximum atomic E-state index is 14.2. The molecule has 7 nitrogen and oxygen atoms in total. The van der Waals surface area contributed by atoms with Gasteiger partial charge in [0.2, 0.25) is 0 Å². The predicted molar refractivity (Wildman–Crippen MR) is 111 cm³/mol. The van der Waals surface area contributed by atoms with Crippen LogP contribution in [0.4, 0.5) is 14.5 Å². The Bertz CT molecular complexity index is 1100. The number of aromatic nitrogens is 3. The van der Waals surface area contributed by atoms with E-state index in [2.05, 4.69) is 22.0 Å². The van der Waals surface area contributed by atoms with Crippen LogP contribution in [0.1, 0.15) is 45.8 Å². The maximum absolute atomic E-state index is 14.2. The number of halogens is 2. The fraction of sp³-hybridized carbons (Fsp3) is 0.273. The van der Waals surface area contributed by atoms with Crippen molar-refractivity contribution in [2.45, 2.75) is 25.3 Å². The van der Waals surface area contributed by atoms with Gasteiger partial charge in [0.1, 0.15) is 29.7 Å². The van der Waals surface area contributed by atoms with Gasteiger partial charge in [-0.15, -0.1) is 0 Å². The number of ether oxygens (including phenoxy) is 1. The van der Waals surface area contributed by atoms with Crippen molar-refractivity contribution in [2.24, 2.45) is 7.05 Å². The summed E-state index contributed by atoms with van der Waals surface area (Å²) in [5.74, 6) is -3.11. The molecule has 0 saturated heterocycles. The SMILES string of the molecule is C=C(C=CC(F)=CCC)C1Nc2cc(F)cc(C(=O)OC)c2C(=O)C1c1ncnn1C. The minimum absolute atomic E-state index is 0.00802. The Morgan fingerprint density at radius 3 is 2.74 bits per heavy atom. The molecule has 0 saturated carbocycles. The lowest BCUT2D eigenvalue weighted by atomic mass is 9.80. The van der Waals surface area contributed by atoms with Gasteiger partial charge in [-0.2, -0.15) is 5.10 Å². The second-order valence-electron chi connectivity index (χ2n) is 6.98. The number of nitrogens with one attached hydrogen (secondary N) is 1. The van der Waals surface area contributed by atoms with Crippen molar-refractivity contribution in [3.8, 4) is 0 Å². The molecule has 2 aromatic rings. The van der Waals surface area contributed by atoms with E-state index in [0.717, 1.165) is 19.2 Å². The van der Waals surface area contributed by atoms with Crippen LogP contribution < -0.4 is 5.32 Å². The average Bonchev–Trinajstić information content (AvgIpc) is 3.16. The topological polar surface area (TPSA) is 86.1 Å². The second-order valence-corrected chi connectivity index (χ2v) is 6.98. The predicted octanol–water partition coefficient (Wildman–Crippen LogP) is 3.88. The monoisotopic (exact) mass is 428 g/mol. The molecule has 0 bridgehead atoms. The summed E-state index contributed by atoms with van der Waals surface area (Å²) in [5.41, 5.74) is 0.286. The van der Waals surface area contributed by atoms with Crippen LogP contribution in [0.15, 0.2) is 54.7 Å².